The van der Waals surface area contributed by atoms with Gasteiger partial charge in [0.25, 0.3) is 0 Å². The van der Waals surface area contributed by atoms with Gasteiger partial charge in [0, 0.05) is 36.8 Å². The van der Waals surface area contributed by atoms with Crippen molar-refractivity contribution in [3.63, 3.8) is 0 Å². The van der Waals surface area contributed by atoms with Crippen LogP contribution in [0.15, 0.2) is 59.9 Å². The van der Waals surface area contributed by atoms with E-state index in [2.05, 4.69) is 0 Å². The molecule has 1 aliphatic heterocycles. The molecule has 30 heavy (non-hydrogen) atoms. The van der Waals surface area contributed by atoms with Gasteiger partial charge in [-0.15, -0.1) is 0 Å². The number of amides is 1. The first-order chi connectivity index (χ1) is 14.4. The summed E-state index contributed by atoms with van der Waals surface area (Å²) >= 11 is 0. The highest BCUT2D eigenvalue weighted by molar-refractivity contribution is 6.29. The zero-order chi connectivity index (χ0) is 21.4. The van der Waals surface area contributed by atoms with Crippen molar-refractivity contribution >= 4 is 29.1 Å². The Balaban J connectivity index is 1.92. The number of fused-ring (bicyclic) bond motifs is 1. The molecule has 0 atom stereocenters. The third kappa shape index (κ3) is 3.18. The van der Waals surface area contributed by atoms with Crippen molar-refractivity contribution in [2.24, 2.45) is 0 Å². The van der Waals surface area contributed by atoms with E-state index >= 15 is 0 Å². The van der Waals surface area contributed by atoms with Gasteiger partial charge in [-0.25, -0.2) is 4.79 Å². The van der Waals surface area contributed by atoms with Gasteiger partial charge < -0.3 is 10.0 Å². The number of benzene rings is 2. The molecule has 2 aromatic rings. The van der Waals surface area contributed by atoms with Crippen molar-refractivity contribution in [1.82, 2.24) is 4.90 Å². The lowest BCUT2D eigenvalue weighted by atomic mass is 9.88. The van der Waals surface area contributed by atoms with E-state index in [1.165, 1.54) is 36.1 Å². The Bertz CT molecular complexity index is 1090. The third-order valence-corrected chi connectivity index (χ3v) is 5.40. The zero-order valence-electron chi connectivity index (χ0n) is 16.4. The molecule has 1 N–H and O–H groups in total. The largest absolute Gasteiger partial charge is 0.478 e. The SMILES string of the molecule is CC(=O)N(C1=C(N2CCCC2)C(=O)c2ccccc2C1=O)c1ccc(C(=O)O)cc1. The number of hydrogen-bond acceptors (Lipinski definition) is 5. The third-order valence-electron chi connectivity index (χ3n) is 5.40. The molecule has 1 amide bonds. The lowest BCUT2D eigenvalue weighted by Gasteiger charge is -2.33. The Morgan fingerprint density at radius 2 is 1.47 bits per heavy atom. The van der Waals surface area contributed by atoms with Gasteiger partial charge in [0.2, 0.25) is 17.5 Å². The van der Waals surface area contributed by atoms with E-state index in [1.807, 2.05) is 4.90 Å². The molecule has 0 unspecified atom stereocenters. The number of carboxylic acids is 1. The molecule has 7 heteroatoms. The quantitative estimate of drug-likeness (QED) is 0.841. The van der Waals surface area contributed by atoms with Crippen LogP contribution in [0.2, 0.25) is 0 Å². The van der Waals surface area contributed by atoms with Crippen molar-refractivity contribution in [2.45, 2.75) is 19.8 Å². The van der Waals surface area contributed by atoms with Crippen LogP contribution in [0, 0.1) is 0 Å². The predicted octanol–water partition coefficient (Wildman–Crippen LogP) is 3.12. The van der Waals surface area contributed by atoms with E-state index in [4.69, 9.17) is 5.11 Å². The number of carbonyl (C=O) groups excluding carboxylic acids is 3. The average Bonchev–Trinajstić information content (AvgIpc) is 3.26. The Morgan fingerprint density at radius 1 is 0.900 bits per heavy atom. The van der Waals surface area contributed by atoms with Crippen LogP contribution in [0.3, 0.4) is 0 Å². The van der Waals surface area contributed by atoms with Crippen LogP contribution in [-0.2, 0) is 4.79 Å². The van der Waals surface area contributed by atoms with Crippen LogP contribution in [0.5, 0.6) is 0 Å². The summed E-state index contributed by atoms with van der Waals surface area (Å²) in [7, 11) is 0. The van der Waals surface area contributed by atoms with Crippen molar-refractivity contribution in [2.75, 3.05) is 18.0 Å². The van der Waals surface area contributed by atoms with E-state index in [0.29, 0.717) is 24.3 Å². The summed E-state index contributed by atoms with van der Waals surface area (Å²) in [6.45, 7) is 2.57. The summed E-state index contributed by atoms with van der Waals surface area (Å²) in [4.78, 5) is 53.8. The molecule has 0 aromatic heterocycles. The first-order valence-electron chi connectivity index (χ1n) is 9.72. The van der Waals surface area contributed by atoms with Gasteiger partial charge in [-0.3, -0.25) is 19.3 Å². The highest BCUT2D eigenvalue weighted by Crippen LogP contribution is 2.34. The van der Waals surface area contributed by atoms with Crippen LogP contribution in [-0.4, -0.2) is 46.5 Å². The fourth-order valence-electron chi connectivity index (χ4n) is 4.01. The van der Waals surface area contributed by atoms with Gasteiger partial charge in [-0.05, 0) is 37.1 Å². The number of allylic oxidation sites excluding steroid dienone is 2. The normalized spacial score (nSPS) is 16.0. The molecule has 0 saturated carbocycles. The van der Waals surface area contributed by atoms with Gasteiger partial charge in [-0.1, -0.05) is 24.3 Å². The first-order valence-corrected chi connectivity index (χ1v) is 9.72. The Morgan fingerprint density at radius 3 is 2.00 bits per heavy atom. The van der Waals surface area contributed by atoms with Gasteiger partial charge in [0.05, 0.1) is 5.56 Å². The molecule has 1 aliphatic carbocycles. The van der Waals surface area contributed by atoms with E-state index in [0.717, 1.165) is 12.8 Å². The molecule has 4 rings (SSSR count). The number of Topliss-reactive ketones (excluding diaryl/α,β-unsaturated/α-hetero) is 2. The molecule has 152 valence electrons. The van der Waals surface area contributed by atoms with E-state index < -0.39 is 17.7 Å². The van der Waals surface area contributed by atoms with Crippen molar-refractivity contribution in [3.05, 3.63) is 76.6 Å². The molecule has 2 aliphatic rings. The number of anilines is 1. The second-order valence-corrected chi connectivity index (χ2v) is 7.30. The zero-order valence-corrected chi connectivity index (χ0v) is 16.4. The summed E-state index contributed by atoms with van der Waals surface area (Å²) in [5, 5.41) is 9.15. The smallest absolute Gasteiger partial charge is 0.335 e. The molecule has 0 spiro atoms. The molecule has 0 bridgehead atoms. The summed E-state index contributed by atoms with van der Waals surface area (Å²) in [6, 6.07) is 12.3. The Kier molecular flexibility index (Phi) is 4.95. The number of rotatable bonds is 4. The number of carboxylic acid groups (broad SMARTS) is 1. The van der Waals surface area contributed by atoms with Crippen molar-refractivity contribution in [1.29, 1.82) is 0 Å². The summed E-state index contributed by atoms with van der Waals surface area (Å²) in [6.07, 6.45) is 1.79. The number of likely N-dealkylation sites (tertiary alicyclic amines) is 1. The fourth-order valence-corrected chi connectivity index (χ4v) is 4.01. The van der Waals surface area contributed by atoms with Gasteiger partial charge in [0.15, 0.2) is 0 Å². The highest BCUT2D eigenvalue weighted by Gasteiger charge is 2.40. The summed E-state index contributed by atoms with van der Waals surface area (Å²) < 4.78 is 0. The standard InChI is InChI=1S/C23H20N2O5/c1-14(26)25(16-10-8-15(9-11-16)23(29)30)20-19(24-12-4-5-13-24)21(27)17-6-2-3-7-18(17)22(20)28/h2-3,6-11H,4-5,12-13H2,1H3,(H,29,30). The lowest BCUT2D eigenvalue weighted by molar-refractivity contribution is -0.116. The fraction of sp³-hybridized carbons (Fsp3) is 0.217. The lowest BCUT2D eigenvalue weighted by Crippen LogP contribution is -2.41. The van der Waals surface area contributed by atoms with Crippen LogP contribution < -0.4 is 4.90 Å². The van der Waals surface area contributed by atoms with Crippen LogP contribution in [0.25, 0.3) is 0 Å². The minimum atomic E-state index is -1.09. The average molecular weight is 404 g/mol. The van der Waals surface area contributed by atoms with Crippen LogP contribution in [0.4, 0.5) is 5.69 Å². The summed E-state index contributed by atoms with van der Waals surface area (Å²) in [5.74, 6) is -2.21. The van der Waals surface area contributed by atoms with Crippen molar-refractivity contribution in [3.8, 4) is 0 Å². The van der Waals surface area contributed by atoms with Crippen molar-refractivity contribution < 1.29 is 24.3 Å². The van der Waals surface area contributed by atoms with Gasteiger partial charge in [-0.2, -0.15) is 0 Å². The maximum atomic E-state index is 13.5. The van der Waals surface area contributed by atoms with E-state index in [-0.39, 0.29) is 28.3 Å². The maximum absolute atomic E-state index is 13.5. The van der Waals surface area contributed by atoms with Gasteiger partial charge >= 0.3 is 5.97 Å². The number of ketones is 2. The minimum Gasteiger partial charge on any atom is -0.478 e. The number of nitrogens with zero attached hydrogens (tertiary/aromatic N) is 2. The second-order valence-electron chi connectivity index (χ2n) is 7.30. The maximum Gasteiger partial charge on any atom is 0.335 e. The molecular formula is C23H20N2O5. The molecular weight excluding hydrogens is 384 g/mol. The highest BCUT2D eigenvalue weighted by atomic mass is 16.4. The van der Waals surface area contributed by atoms with E-state index in [1.54, 1.807) is 24.3 Å². The van der Waals surface area contributed by atoms with Crippen LogP contribution >= 0.6 is 0 Å². The van der Waals surface area contributed by atoms with Gasteiger partial charge in [0.1, 0.15) is 11.4 Å². The molecule has 1 fully saturated rings. The second kappa shape index (κ2) is 7.59. The number of aromatic carboxylic acids is 1. The molecule has 2 aromatic carbocycles. The predicted molar refractivity (Wildman–Crippen MR) is 109 cm³/mol. The molecule has 1 heterocycles. The Hall–Kier alpha value is -3.74. The topological polar surface area (TPSA) is 95.0 Å². The number of hydrogen-bond donors (Lipinski definition) is 1. The Labute approximate surface area is 173 Å². The van der Waals surface area contributed by atoms with Crippen LogP contribution in [0.1, 0.15) is 50.8 Å². The molecule has 0 radical (unpaired) electrons. The summed E-state index contributed by atoms with van der Waals surface area (Å²) in [5.41, 5.74) is 1.24. The number of carbonyl (C=O) groups is 4. The molecule has 1 saturated heterocycles. The van der Waals surface area contributed by atoms with E-state index in [9.17, 15) is 19.2 Å². The minimum absolute atomic E-state index is 0.0242. The first kappa shape index (κ1) is 19.6. The monoisotopic (exact) mass is 404 g/mol. The molecule has 7 nitrogen and oxygen atoms in total.